The Hall–Kier alpha value is -3.20. The van der Waals surface area contributed by atoms with Gasteiger partial charge in [0, 0.05) is 22.1 Å². The molecule has 1 saturated heterocycles. The Morgan fingerprint density at radius 1 is 1.19 bits per heavy atom. The van der Waals surface area contributed by atoms with Crippen LogP contribution in [-0.4, -0.2) is 41.9 Å². The summed E-state index contributed by atoms with van der Waals surface area (Å²) in [6.07, 6.45) is 0.629. The van der Waals surface area contributed by atoms with Gasteiger partial charge in [-0.15, -0.1) is 0 Å². The highest BCUT2D eigenvalue weighted by Gasteiger charge is 2.36. The van der Waals surface area contributed by atoms with Crippen LogP contribution in [0.25, 0.3) is 0 Å². The summed E-state index contributed by atoms with van der Waals surface area (Å²) in [4.78, 5) is 49.3. The van der Waals surface area contributed by atoms with Gasteiger partial charge in [0.15, 0.2) is 6.61 Å². The number of nitrogens with zero attached hydrogens (tertiary/aromatic N) is 1. The number of rotatable bonds is 7. The lowest BCUT2D eigenvalue weighted by molar-refractivity contribution is -0.151. The molecular weight excluding hydrogens is 478 g/mol. The van der Waals surface area contributed by atoms with Crippen LogP contribution in [0, 0.1) is 12.8 Å². The molecule has 1 aliphatic rings. The maximum Gasteiger partial charge on any atom is 0.311 e. The number of hydrazine groups is 1. The molecule has 2 aromatic rings. The number of hydrogen-bond donors (Lipinski definition) is 2. The van der Waals surface area contributed by atoms with Gasteiger partial charge in [0.2, 0.25) is 5.91 Å². The molecule has 0 unspecified atom stereocenters. The van der Waals surface area contributed by atoms with Crippen molar-refractivity contribution in [3.8, 4) is 0 Å². The van der Waals surface area contributed by atoms with Crippen molar-refractivity contribution in [2.24, 2.45) is 5.92 Å². The van der Waals surface area contributed by atoms with Crippen molar-refractivity contribution in [2.45, 2.75) is 26.7 Å². The molecule has 32 heavy (non-hydrogen) atoms. The number of halogens is 1. The molecule has 1 aliphatic heterocycles. The van der Waals surface area contributed by atoms with Crippen molar-refractivity contribution in [3.05, 3.63) is 63.6 Å². The van der Waals surface area contributed by atoms with Crippen LogP contribution in [0.4, 0.5) is 5.69 Å². The predicted octanol–water partition coefficient (Wildman–Crippen LogP) is 3.00. The summed E-state index contributed by atoms with van der Waals surface area (Å²) in [5, 5.41) is 3.85. The van der Waals surface area contributed by atoms with Crippen molar-refractivity contribution in [2.75, 3.05) is 18.5 Å². The van der Waals surface area contributed by atoms with Crippen molar-refractivity contribution >= 4 is 45.3 Å². The van der Waals surface area contributed by atoms with Gasteiger partial charge in [-0.1, -0.05) is 41.1 Å². The highest BCUT2D eigenvalue weighted by atomic mass is 79.9. The third-order valence-corrected chi connectivity index (χ3v) is 5.65. The zero-order valence-electron chi connectivity index (χ0n) is 17.8. The fourth-order valence-electron chi connectivity index (χ4n) is 3.40. The summed E-state index contributed by atoms with van der Waals surface area (Å²) in [6.45, 7) is 3.30. The van der Waals surface area contributed by atoms with E-state index in [0.29, 0.717) is 11.3 Å². The molecule has 3 amide bonds. The Kier molecular flexibility index (Phi) is 7.63. The molecule has 0 aromatic heterocycles. The van der Waals surface area contributed by atoms with E-state index in [2.05, 4.69) is 26.7 Å². The second kappa shape index (κ2) is 10.4. The molecule has 2 aromatic carbocycles. The molecule has 8 nitrogen and oxygen atoms in total. The van der Waals surface area contributed by atoms with Gasteiger partial charge in [0.1, 0.15) is 0 Å². The van der Waals surface area contributed by atoms with Crippen molar-refractivity contribution in [1.82, 2.24) is 10.4 Å². The Morgan fingerprint density at radius 3 is 2.66 bits per heavy atom. The zero-order valence-corrected chi connectivity index (χ0v) is 19.4. The van der Waals surface area contributed by atoms with Crippen LogP contribution in [0.1, 0.15) is 34.8 Å². The van der Waals surface area contributed by atoms with Crippen LogP contribution in [0.2, 0.25) is 0 Å². The lowest BCUT2D eigenvalue weighted by Crippen LogP contribution is -2.43. The van der Waals surface area contributed by atoms with Gasteiger partial charge in [-0.05, 0) is 48.7 Å². The maximum atomic E-state index is 12.4. The quantitative estimate of drug-likeness (QED) is 0.567. The molecule has 1 heterocycles. The average Bonchev–Trinajstić information content (AvgIpc) is 3.13. The van der Waals surface area contributed by atoms with Crippen LogP contribution in [0.15, 0.2) is 46.9 Å². The topological polar surface area (TPSA) is 105 Å². The Balaban J connectivity index is 1.51. The molecule has 168 valence electrons. The van der Waals surface area contributed by atoms with Gasteiger partial charge in [-0.3, -0.25) is 29.6 Å². The van der Waals surface area contributed by atoms with Gasteiger partial charge < -0.3 is 10.1 Å². The van der Waals surface area contributed by atoms with Crippen molar-refractivity contribution < 1.29 is 23.9 Å². The summed E-state index contributed by atoms with van der Waals surface area (Å²) in [7, 11) is 0. The number of nitrogens with one attached hydrogen (secondary N) is 2. The van der Waals surface area contributed by atoms with E-state index in [1.165, 1.54) is 0 Å². The van der Waals surface area contributed by atoms with Crippen LogP contribution < -0.4 is 10.7 Å². The number of aryl methyl sites for hydroxylation is 2. The van der Waals surface area contributed by atoms with Gasteiger partial charge in [0.25, 0.3) is 11.8 Å². The minimum absolute atomic E-state index is 0.0103. The lowest BCUT2D eigenvalue weighted by atomic mass is 10.1. The Labute approximate surface area is 194 Å². The number of benzene rings is 2. The predicted molar refractivity (Wildman–Crippen MR) is 122 cm³/mol. The molecule has 1 fully saturated rings. The van der Waals surface area contributed by atoms with E-state index in [1.54, 1.807) is 31.2 Å². The summed E-state index contributed by atoms with van der Waals surface area (Å²) in [6, 6.07) is 12.5. The molecular formula is C23H24BrN3O5. The molecule has 2 N–H and O–H groups in total. The van der Waals surface area contributed by atoms with Crippen LogP contribution in [-0.2, 0) is 25.5 Å². The number of amides is 3. The van der Waals surface area contributed by atoms with E-state index in [4.69, 9.17) is 4.74 Å². The number of carbonyl (C=O) groups is 4. The number of carbonyl (C=O) groups excluding carboxylic acids is 4. The first-order chi connectivity index (χ1) is 15.3. The van der Waals surface area contributed by atoms with Crippen LogP contribution in [0.5, 0.6) is 0 Å². The molecule has 0 bridgehead atoms. The first-order valence-electron chi connectivity index (χ1n) is 10.2. The number of anilines is 1. The highest BCUT2D eigenvalue weighted by Crippen LogP contribution is 2.22. The van der Waals surface area contributed by atoms with Gasteiger partial charge >= 0.3 is 5.97 Å². The smallest absolute Gasteiger partial charge is 0.311 e. The first kappa shape index (κ1) is 23.5. The molecule has 0 saturated carbocycles. The van der Waals surface area contributed by atoms with E-state index < -0.39 is 30.3 Å². The summed E-state index contributed by atoms with van der Waals surface area (Å²) in [5.41, 5.74) is 5.36. The molecule has 0 spiro atoms. The molecule has 9 heteroatoms. The van der Waals surface area contributed by atoms with Gasteiger partial charge in [-0.2, -0.15) is 0 Å². The monoisotopic (exact) mass is 501 g/mol. The molecule has 0 aliphatic carbocycles. The lowest BCUT2D eigenvalue weighted by Gasteiger charge is -2.18. The van der Waals surface area contributed by atoms with E-state index >= 15 is 0 Å². The van der Waals surface area contributed by atoms with Gasteiger partial charge in [-0.25, -0.2) is 0 Å². The summed E-state index contributed by atoms with van der Waals surface area (Å²) >= 11 is 3.39. The zero-order chi connectivity index (χ0) is 23.3. The fraction of sp³-hybridized carbons (Fsp3) is 0.304. The Bertz CT molecular complexity index is 1060. The molecule has 1 atom stereocenters. The minimum Gasteiger partial charge on any atom is -0.455 e. The number of ether oxygens (including phenoxy) is 1. The van der Waals surface area contributed by atoms with E-state index in [1.807, 2.05) is 25.1 Å². The second-order valence-electron chi connectivity index (χ2n) is 7.47. The standard InChI is InChI=1S/C23H24BrN3O5/c1-3-15-10-17(24)8-9-19(15)25-20(28)13-32-23(31)16-11-21(29)27(12-16)26-22(30)18-7-5-4-6-14(18)2/h4-10,16H,3,11-13H2,1-2H3,(H,25,28)(H,26,30)/t16-/m1/s1. The summed E-state index contributed by atoms with van der Waals surface area (Å²) in [5.74, 6) is -2.70. The van der Waals surface area contributed by atoms with Crippen molar-refractivity contribution in [1.29, 1.82) is 0 Å². The largest absolute Gasteiger partial charge is 0.455 e. The fourth-order valence-corrected chi connectivity index (χ4v) is 3.81. The van der Waals surface area contributed by atoms with Crippen LogP contribution >= 0.6 is 15.9 Å². The number of hydrogen-bond acceptors (Lipinski definition) is 5. The minimum atomic E-state index is -0.758. The van der Waals surface area contributed by atoms with E-state index in [-0.39, 0.29) is 18.9 Å². The van der Waals surface area contributed by atoms with Crippen molar-refractivity contribution in [3.63, 3.8) is 0 Å². The molecule has 0 radical (unpaired) electrons. The average molecular weight is 502 g/mol. The van der Waals surface area contributed by atoms with E-state index in [0.717, 1.165) is 27.0 Å². The van der Waals surface area contributed by atoms with Crippen LogP contribution in [0.3, 0.4) is 0 Å². The summed E-state index contributed by atoms with van der Waals surface area (Å²) < 4.78 is 6.02. The first-order valence-corrected chi connectivity index (χ1v) is 11.0. The maximum absolute atomic E-state index is 12.4. The Morgan fingerprint density at radius 2 is 1.94 bits per heavy atom. The SMILES string of the molecule is CCc1cc(Br)ccc1NC(=O)COC(=O)[C@@H]1CC(=O)N(NC(=O)c2ccccc2C)C1. The van der Waals surface area contributed by atoms with E-state index in [9.17, 15) is 19.2 Å². The molecule has 3 rings (SSSR count). The van der Waals surface area contributed by atoms with Gasteiger partial charge in [0.05, 0.1) is 12.5 Å². The third-order valence-electron chi connectivity index (χ3n) is 5.15. The highest BCUT2D eigenvalue weighted by molar-refractivity contribution is 9.10. The second-order valence-corrected chi connectivity index (χ2v) is 8.39. The normalized spacial score (nSPS) is 15.4. The third kappa shape index (κ3) is 5.73. The number of esters is 1.